The lowest BCUT2D eigenvalue weighted by molar-refractivity contribution is -0.143. The molecular formula is C18H26N2O2. The van der Waals surface area contributed by atoms with Gasteiger partial charge in [0.2, 0.25) is 0 Å². The number of likely N-dealkylation sites (tertiary alicyclic amines) is 1. The second-order valence-electron chi connectivity index (χ2n) is 6.71. The van der Waals surface area contributed by atoms with Crippen LogP contribution < -0.4 is 4.90 Å². The van der Waals surface area contributed by atoms with Crippen LogP contribution in [0.5, 0.6) is 0 Å². The van der Waals surface area contributed by atoms with Gasteiger partial charge in [0.1, 0.15) is 0 Å². The van der Waals surface area contributed by atoms with Gasteiger partial charge < -0.3 is 14.9 Å². The molecule has 4 heteroatoms. The largest absolute Gasteiger partial charge is 0.481 e. The van der Waals surface area contributed by atoms with E-state index in [0.29, 0.717) is 6.04 Å². The number of aliphatic carboxylic acids is 1. The van der Waals surface area contributed by atoms with Crippen LogP contribution in [0.25, 0.3) is 0 Å². The molecule has 0 radical (unpaired) electrons. The van der Waals surface area contributed by atoms with Crippen molar-refractivity contribution < 1.29 is 9.90 Å². The van der Waals surface area contributed by atoms with Crippen LogP contribution in [-0.4, -0.2) is 48.2 Å². The standard InChI is InChI=1S/C18H26N2O2/c1-14-3-2-4-17(13-14)20-11-7-16(8-12-20)19-9-5-15(6-10-19)18(21)22/h2-4,13,15-16H,5-12H2,1H3,(H,21,22). The van der Waals surface area contributed by atoms with Crippen molar-refractivity contribution in [2.75, 3.05) is 31.1 Å². The van der Waals surface area contributed by atoms with E-state index in [1.54, 1.807) is 0 Å². The Kier molecular flexibility index (Phi) is 4.67. The molecule has 3 rings (SSSR count). The maximum Gasteiger partial charge on any atom is 0.306 e. The summed E-state index contributed by atoms with van der Waals surface area (Å²) in [4.78, 5) is 16.0. The van der Waals surface area contributed by atoms with Crippen LogP contribution in [0.2, 0.25) is 0 Å². The molecule has 0 unspecified atom stereocenters. The van der Waals surface area contributed by atoms with Crippen LogP contribution in [0.1, 0.15) is 31.2 Å². The van der Waals surface area contributed by atoms with Crippen molar-refractivity contribution in [2.24, 2.45) is 5.92 Å². The Hall–Kier alpha value is -1.55. The summed E-state index contributed by atoms with van der Waals surface area (Å²) in [5, 5.41) is 9.09. The van der Waals surface area contributed by atoms with Gasteiger partial charge in [-0.25, -0.2) is 0 Å². The molecule has 0 atom stereocenters. The van der Waals surface area contributed by atoms with Crippen LogP contribution in [0.3, 0.4) is 0 Å². The number of carbonyl (C=O) groups is 1. The number of carboxylic acids is 1. The second-order valence-corrected chi connectivity index (χ2v) is 6.71. The first-order valence-electron chi connectivity index (χ1n) is 8.42. The van der Waals surface area contributed by atoms with Gasteiger partial charge in [0.25, 0.3) is 0 Å². The summed E-state index contributed by atoms with van der Waals surface area (Å²) in [6.07, 6.45) is 4.00. The highest BCUT2D eigenvalue weighted by molar-refractivity contribution is 5.70. The van der Waals surface area contributed by atoms with E-state index >= 15 is 0 Å². The Balaban J connectivity index is 1.51. The lowest BCUT2D eigenvalue weighted by atomic mass is 9.93. The van der Waals surface area contributed by atoms with Crippen LogP contribution in [-0.2, 0) is 4.79 Å². The number of benzene rings is 1. The number of anilines is 1. The van der Waals surface area contributed by atoms with Gasteiger partial charge in [-0.3, -0.25) is 4.79 Å². The van der Waals surface area contributed by atoms with E-state index in [2.05, 4.69) is 41.0 Å². The maximum absolute atomic E-state index is 11.0. The Morgan fingerprint density at radius 2 is 1.77 bits per heavy atom. The highest BCUT2D eigenvalue weighted by atomic mass is 16.4. The fourth-order valence-corrected chi connectivity index (χ4v) is 3.83. The van der Waals surface area contributed by atoms with Crippen LogP contribution in [0.4, 0.5) is 5.69 Å². The first-order valence-corrected chi connectivity index (χ1v) is 8.42. The summed E-state index contributed by atoms with van der Waals surface area (Å²) in [7, 11) is 0. The van der Waals surface area contributed by atoms with E-state index in [1.165, 1.54) is 24.1 Å². The zero-order valence-corrected chi connectivity index (χ0v) is 13.4. The first kappa shape index (κ1) is 15.3. The summed E-state index contributed by atoms with van der Waals surface area (Å²) in [6.45, 7) is 6.25. The molecule has 2 aliphatic heterocycles. The summed E-state index contributed by atoms with van der Waals surface area (Å²) in [5.41, 5.74) is 2.65. The van der Waals surface area contributed by atoms with Crippen molar-refractivity contribution in [2.45, 2.75) is 38.6 Å². The van der Waals surface area contributed by atoms with E-state index in [9.17, 15) is 4.79 Å². The van der Waals surface area contributed by atoms with E-state index < -0.39 is 5.97 Å². The van der Waals surface area contributed by atoms with E-state index in [4.69, 9.17) is 5.11 Å². The molecule has 2 heterocycles. The Morgan fingerprint density at radius 1 is 1.09 bits per heavy atom. The maximum atomic E-state index is 11.0. The minimum atomic E-state index is -0.617. The lowest BCUT2D eigenvalue weighted by Gasteiger charge is -2.42. The molecule has 0 saturated carbocycles. The van der Waals surface area contributed by atoms with Crippen LogP contribution in [0, 0.1) is 12.8 Å². The Labute approximate surface area is 132 Å². The molecular weight excluding hydrogens is 276 g/mol. The molecule has 0 aromatic heterocycles. The van der Waals surface area contributed by atoms with Gasteiger partial charge in [0.05, 0.1) is 5.92 Å². The molecule has 0 spiro atoms. The smallest absolute Gasteiger partial charge is 0.306 e. The molecule has 0 amide bonds. The van der Waals surface area contributed by atoms with Crippen LogP contribution in [0.15, 0.2) is 24.3 Å². The molecule has 2 saturated heterocycles. The van der Waals surface area contributed by atoms with Gasteiger partial charge in [-0.05, 0) is 63.4 Å². The molecule has 2 fully saturated rings. The van der Waals surface area contributed by atoms with E-state index in [1.807, 2.05) is 0 Å². The van der Waals surface area contributed by atoms with Crippen molar-refractivity contribution in [1.29, 1.82) is 0 Å². The number of hydrogen-bond acceptors (Lipinski definition) is 3. The number of aryl methyl sites for hydroxylation is 1. The second kappa shape index (κ2) is 6.69. The average molecular weight is 302 g/mol. The van der Waals surface area contributed by atoms with Gasteiger partial charge in [-0.2, -0.15) is 0 Å². The summed E-state index contributed by atoms with van der Waals surface area (Å²) < 4.78 is 0. The molecule has 1 N–H and O–H groups in total. The SMILES string of the molecule is Cc1cccc(N2CCC(N3CCC(C(=O)O)CC3)CC2)c1. The molecule has 0 bridgehead atoms. The fourth-order valence-electron chi connectivity index (χ4n) is 3.83. The van der Waals surface area contributed by atoms with Gasteiger partial charge in [-0.1, -0.05) is 12.1 Å². The topological polar surface area (TPSA) is 43.8 Å². The molecule has 0 aliphatic carbocycles. The zero-order chi connectivity index (χ0) is 15.5. The minimum Gasteiger partial charge on any atom is -0.481 e. The highest BCUT2D eigenvalue weighted by Crippen LogP contribution is 2.26. The predicted octanol–water partition coefficient (Wildman–Crippen LogP) is 2.76. The average Bonchev–Trinajstić information content (AvgIpc) is 2.55. The Morgan fingerprint density at radius 3 is 2.36 bits per heavy atom. The quantitative estimate of drug-likeness (QED) is 0.932. The summed E-state index contributed by atoms with van der Waals surface area (Å²) >= 11 is 0. The normalized spacial score (nSPS) is 22.0. The van der Waals surface area contributed by atoms with Crippen molar-refractivity contribution in [3.8, 4) is 0 Å². The molecule has 1 aromatic carbocycles. The third-order valence-electron chi connectivity index (χ3n) is 5.23. The predicted molar refractivity (Wildman–Crippen MR) is 88.3 cm³/mol. The highest BCUT2D eigenvalue weighted by Gasteiger charge is 2.30. The van der Waals surface area contributed by atoms with Crippen molar-refractivity contribution >= 4 is 11.7 Å². The Bertz CT molecular complexity index is 516. The molecule has 22 heavy (non-hydrogen) atoms. The number of rotatable bonds is 3. The molecule has 2 aliphatic rings. The van der Waals surface area contributed by atoms with E-state index in [-0.39, 0.29) is 5.92 Å². The first-order chi connectivity index (χ1) is 10.6. The molecule has 4 nitrogen and oxygen atoms in total. The molecule has 120 valence electrons. The van der Waals surface area contributed by atoms with Gasteiger partial charge in [0, 0.05) is 24.8 Å². The number of nitrogens with zero attached hydrogens (tertiary/aromatic N) is 2. The number of carboxylic acid groups (broad SMARTS) is 1. The lowest BCUT2D eigenvalue weighted by Crippen LogP contribution is -2.48. The fraction of sp³-hybridized carbons (Fsp3) is 0.611. The van der Waals surface area contributed by atoms with Gasteiger partial charge >= 0.3 is 5.97 Å². The third-order valence-corrected chi connectivity index (χ3v) is 5.23. The van der Waals surface area contributed by atoms with Crippen molar-refractivity contribution in [3.05, 3.63) is 29.8 Å². The minimum absolute atomic E-state index is 0.122. The van der Waals surface area contributed by atoms with Crippen molar-refractivity contribution in [1.82, 2.24) is 4.90 Å². The summed E-state index contributed by atoms with van der Waals surface area (Å²) in [5.74, 6) is -0.738. The summed E-state index contributed by atoms with van der Waals surface area (Å²) in [6, 6.07) is 9.37. The number of piperidine rings is 2. The zero-order valence-electron chi connectivity index (χ0n) is 13.4. The number of hydrogen-bond donors (Lipinski definition) is 1. The molecule has 1 aromatic rings. The third kappa shape index (κ3) is 3.43. The monoisotopic (exact) mass is 302 g/mol. The van der Waals surface area contributed by atoms with Gasteiger partial charge in [0.15, 0.2) is 0 Å². The van der Waals surface area contributed by atoms with E-state index in [0.717, 1.165) is 39.0 Å². The van der Waals surface area contributed by atoms with Gasteiger partial charge in [-0.15, -0.1) is 0 Å². The van der Waals surface area contributed by atoms with Crippen LogP contribution >= 0.6 is 0 Å². The van der Waals surface area contributed by atoms with Crippen molar-refractivity contribution in [3.63, 3.8) is 0 Å².